The van der Waals surface area contributed by atoms with Crippen LogP contribution in [0.4, 0.5) is 4.79 Å². The molecule has 33 heavy (non-hydrogen) atoms. The first-order chi connectivity index (χ1) is 15.8. The van der Waals surface area contributed by atoms with Gasteiger partial charge >= 0.3 is 6.09 Å². The van der Waals surface area contributed by atoms with Crippen LogP contribution in [0.3, 0.4) is 0 Å². The van der Waals surface area contributed by atoms with Gasteiger partial charge in [-0.25, -0.2) is 4.79 Å². The molecule has 0 bridgehead atoms. The third kappa shape index (κ3) is 5.09. The first kappa shape index (κ1) is 23.4. The van der Waals surface area contributed by atoms with Gasteiger partial charge in [-0.2, -0.15) is 0 Å². The predicted octanol–water partition coefficient (Wildman–Crippen LogP) is 6.64. The number of hydrogen-bond donors (Lipinski definition) is 1. The first-order valence-corrected chi connectivity index (χ1v) is 11.9. The summed E-state index contributed by atoms with van der Waals surface area (Å²) in [5, 5.41) is 11.7. The molecule has 1 aliphatic heterocycles. The van der Waals surface area contributed by atoms with Gasteiger partial charge in [0.2, 0.25) is 0 Å². The lowest BCUT2D eigenvalue weighted by atomic mass is 9.81. The number of carbonyl (C=O) groups is 1. The highest BCUT2D eigenvalue weighted by atomic mass is 16.6. The lowest BCUT2D eigenvalue weighted by Gasteiger charge is -2.43. The van der Waals surface area contributed by atoms with Crippen LogP contribution in [-0.2, 0) is 4.74 Å². The minimum atomic E-state index is -0.920. The van der Waals surface area contributed by atoms with Crippen molar-refractivity contribution in [1.82, 2.24) is 4.90 Å². The molecular weight excluding hydrogens is 414 g/mol. The number of carbonyl (C=O) groups excluding carboxylic acids is 1. The molecule has 2 atom stereocenters. The fraction of sp³-hybridized carbons (Fsp3) is 0.464. The van der Waals surface area contributed by atoms with E-state index >= 15 is 0 Å². The van der Waals surface area contributed by atoms with Crippen molar-refractivity contribution in [2.24, 2.45) is 5.92 Å². The summed E-state index contributed by atoms with van der Waals surface area (Å²) in [4.78, 5) is 15.4. The maximum absolute atomic E-state index is 13.7. The van der Waals surface area contributed by atoms with Crippen LogP contribution in [0.2, 0.25) is 0 Å². The fourth-order valence-electron chi connectivity index (χ4n) is 4.98. The van der Waals surface area contributed by atoms with Gasteiger partial charge in [0.25, 0.3) is 0 Å². The van der Waals surface area contributed by atoms with Crippen molar-refractivity contribution < 1.29 is 19.4 Å². The lowest BCUT2D eigenvalue weighted by molar-refractivity contribution is -0.00112. The lowest BCUT2D eigenvalue weighted by Crippen LogP contribution is -2.44. The number of allylic oxidation sites excluding steroid dienone is 1. The summed E-state index contributed by atoms with van der Waals surface area (Å²) < 4.78 is 11.2. The fourth-order valence-corrected chi connectivity index (χ4v) is 4.98. The zero-order valence-corrected chi connectivity index (χ0v) is 20.1. The van der Waals surface area contributed by atoms with Gasteiger partial charge in [-0.3, -0.25) is 4.90 Å². The number of ether oxygens (including phenoxy) is 2. The number of aliphatic hydroxyl groups is 1. The van der Waals surface area contributed by atoms with Gasteiger partial charge in [0, 0.05) is 5.70 Å². The van der Waals surface area contributed by atoms with E-state index in [0.717, 1.165) is 53.8 Å². The molecule has 0 radical (unpaired) electrons. The molecule has 4 rings (SSSR count). The average molecular weight is 450 g/mol. The van der Waals surface area contributed by atoms with E-state index in [-0.39, 0.29) is 5.92 Å². The Morgan fingerprint density at radius 2 is 1.70 bits per heavy atom. The number of hydrogen-bond acceptors (Lipinski definition) is 4. The maximum Gasteiger partial charge on any atom is 0.415 e. The molecule has 176 valence electrons. The van der Waals surface area contributed by atoms with Crippen molar-refractivity contribution >= 4 is 12.2 Å². The van der Waals surface area contributed by atoms with Gasteiger partial charge in [0.1, 0.15) is 17.5 Å². The van der Waals surface area contributed by atoms with E-state index in [9.17, 15) is 9.90 Å². The Labute approximate surface area is 197 Å². The van der Waals surface area contributed by atoms with E-state index in [0.29, 0.717) is 0 Å². The van der Waals surface area contributed by atoms with Gasteiger partial charge in [-0.1, -0.05) is 55.7 Å². The zero-order valence-electron chi connectivity index (χ0n) is 20.1. The van der Waals surface area contributed by atoms with Crippen LogP contribution in [-0.4, -0.2) is 28.8 Å². The molecule has 0 aromatic heterocycles. The molecule has 0 spiro atoms. The highest BCUT2D eigenvalue weighted by Crippen LogP contribution is 2.46. The van der Waals surface area contributed by atoms with Crippen molar-refractivity contribution in [2.45, 2.75) is 70.6 Å². The standard InChI is InChI=1S/C28H35NO4/c1-28(2,3)33-27(31)29-24(19-10-6-5-7-11-19)18-21-12-8-9-13-23(21)25(29)26(30)20-14-16-22(32-4)17-15-20/h8-9,12-19,25-26,30H,5-7,10-11H2,1-4H3. The second-order valence-corrected chi connectivity index (χ2v) is 10.0. The van der Waals surface area contributed by atoms with E-state index in [4.69, 9.17) is 9.47 Å². The summed E-state index contributed by atoms with van der Waals surface area (Å²) in [7, 11) is 1.62. The Hall–Kier alpha value is -2.79. The van der Waals surface area contributed by atoms with Crippen LogP contribution in [0.1, 0.15) is 81.7 Å². The van der Waals surface area contributed by atoms with Crippen LogP contribution in [0.25, 0.3) is 6.08 Å². The Morgan fingerprint density at radius 1 is 1.03 bits per heavy atom. The van der Waals surface area contributed by atoms with Crippen LogP contribution >= 0.6 is 0 Å². The smallest absolute Gasteiger partial charge is 0.415 e. The molecule has 1 amide bonds. The minimum absolute atomic E-state index is 0.269. The van der Waals surface area contributed by atoms with E-state index in [1.165, 1.54) is 6.42 Å². The molecule has 2 unspecified atom stereocenters. The van der Waals surface area contributed by atoms with E-state index in [2.05, 4.69) is 12.1 Å². The van der Waals surface area contributed by atoms with Gasteiger partial charge < -0.3 is 14.6 Å². The Kier molecular flexibility index (Phi) is 6.80. The van der Waals surface area contributed by atoms with Gasteiger partial charge in [-0.15, -0.1) is 0 Å². The largest absolute Gasteiger partial charge is 0.497 e. The summed E-state index contributed by atoms with van der Waals surface area (Å²) in [6, 6.07) is 14.8. The molecule has 0 saturated heterocycles. The molecule has 2 aromatic rings. The highest BCUT2D eigenvalue weighted by Gasteiger charge is 2.42. The quantitative estimate of drug-likeness (QED) is 0.568. The maximum atomic E-state index is 13.7. The Morgan fingerprint density at radius 3 is 2.33 bits per heavy atom. The van der Waals surface area contributed by atoms with Crippen molar-refractivity contribution in [3.8, 4) is 5.75 Å². The van der Waals surface area contributed by atoms with E-state index < -0.39 is 23.8 Å². The van der Waals surface area contributed by atoms with E-state index in [1.807, 2.05) is 63.2 Å². The molecule has 1 heterocycles. The topological polar surface area (TPSA) is 59.0 Å². The number of fused-ring (bicyclic) bond motifs is 1. The number of benzene rings is 2. The molecule has 1 N–H and O–H groups in total. The second kappa shape index (κ2) is 9.60. The summed E-state index contributed by atoms with van der Waals surface area (Å²) in [6.45, 7) is 5.63. The summed E-state index contributed by atoms with van der Waals surface area (Å²) in [6.07, 6.45) is 6.41. The normalized spacial score (nSPS) is 20.0. The van der Waals surface area contributed by atoms with Crippen molar-refractivity contribution in [2.75, 3.05) is 7.11 Å². The van der Waals surface area contributed by atoms with Crippen LogP contribution < -0.4 is 4.74 Å². The van der Waals surface area contributed by atoms with Crippen molar-refractivity contribution in [3.05, 3.63) is 70.9 Å². The SMILES string of the molecule is COc1ccc(C(O)C2c3ccccc3C=C(C3CCCCC3)N2C(=O)OC(C)(C)C)cc1. The number of methoxy groups -OCH3 is 1. The monoisotopic (exact) mass is 449 g/mol. The molecular formula is C28H35NO4. The predicted molar refractivity (Wildman–Crippen MR) is 130 cm³/mol. The summed E-state index contributed by atoms with van der Waals surface area (Å²) in [5.41, 5.74) is 3.03. The average Bonchev–Trinajstić information content (AvgIpc) is 2.82. The molecule has 5 heteroatoms. The highest BCUT2D eigenvalue weighted by molar-refractivity contribution is 5.76. The molecule has 1 aliphatic carbocycles. The molecule has 5 nitrogen and oxygen atoms in total. The summed E-state index contributed by atoms with van der Waals surface area (Å²) >= 11 is 0. The number of rotatable bonds is 4. The minimum Gasteiger partial charge on any atom is -0.497 e. The summed E-state index contributed by atoms with van der Waals surface area (Å²) in [5.74, 6) is 0.993. The molecule has 1 fully saturated rings. The zero-order chi connectivity index (χ0) is 23.6. The van der Waals surface area contributed by atoms with Gasteiger partial charge in [0.15, 0.2) is 0 Å². The first-order valence-electron chi connectivity index (χ1n) is 11.9. The number of amides is 1. The number of nitrogens with zero attached hydrogens (tertiary/aromatic N) is 1. The van der Waals surface area contributed by atoms with Crippen molar-refractivity contribution in [1.29, 1.82) is 0 Å². The Bertz CT molecular complexity index is 999. The third-order valence-electron chi connectivity index (χ3n) is 6.54. The van der Waals surface area contributed by atoms with Crippen LogP contribution in [0, 0.1) is 5.92 Å². The van der Waals surface area contributed by atoms with Crippen molar-refractivity contribution in [3.63, 3.8) is 0 Å². The Balaban J connectivity index is 1.82. The van der Waals surface area contributed by atoms with Gasteiger partial charge in [0.05, 0.1) is 13.2 Å². The van der Waals surface area contributed by atoms with Crippen LogP contribution in [0.15, 0.2) is 54.2 Å². The van der Waals surface area contributed by atoms with E-state index in [1.54, 1.807) is 12.0 Å². The van der Waals surface area contributed by atoms with Gasteiger partial charge in [-0.05, 0) is 74.4 Å². The molecule has 2 aromatic carbocycles. The van der Waals surface area contributed by atoms with Crippen LogP contribution in [0.5, 0.6) is 5.75 Å². The molecule has 1 saturated carbocycles. The third-order valence-corrected chi connectivity index (χ3v) is 6.54. The molecule has 2 aliphatic rings. The second-order valence-electron chi connectivity index (χ2n) is 10.0. The number of aliphatic hydroxyl groups excluding tert-OH is 1.